The molecule has 2 nitrogen and oxygen atoms in total. The van der Waals surface area contributed by atoms with E-state index in [2.05, 4.69) is 47.6 Å². The van der Waals surface area contributed by atoms with Gasteiger partial charge in [0.2, 0.25) is 0 Å². The van der Waals surface area contributed by atoms with E-state index in [0.29, 0.717) is 17.3 Å². The van der Waals surface area contributed by atoms with Crippen molar-refractivity contribution in [2.75, 3.05) is 0 Å². The van der Waals surface area contributed by atoms with Gasteiger partial charge < -0.3 is 4.74 Å². The van der Waals surface area contributed by atoms with Crippen LogP contribution >= 0.6 is 0 Å². The lowest BCUT2D eigenvalue weighted by atomic mass is 9.47. The van der Waals surface area contributed by atoms with Crippen LogP contribution in [0.25, 0.3) is 0 Å². The highest BCUT2D eigenvalue weighted by molar-refractivity contribution is 5.69. The first kappa shape index (κ1) is 30.2. The lowest BCUT2D eigenvalue weighted by molar-refractivity contribution is -0.151. The van der Waals surface area contributed by atoms with Gasteiger partial charge in [-0.3, -0.25) is 4.79 Å². The first-order chi connectivity index (χ1) is 18.2. The zero-order chi connectivity index (χ0) is 27.3. The molecule has 0 aromatic heterocycles. The molecule has 2 heteroatoms. The van der Waals surface area contributed by atoms with Crippen molar-refractivity contribution in [2.45, 2.75) is 163 Å². The predicted octanol–water partition coefficient (Wildman–Crippen LogP) is 10.7. The van der Waals surface area contributed by atoms with Crippen molar-refractivity contribution in [3.8, 4) is 0 Å². The minimum atomic E-state index is 0.0522. The molecular formula is C36H62O2. The van der Waals surface area contributed by atoms with Crippen molar-refractivity contribution >= 4 is 5.97 Å². The molecule has 0 bridgehead atoms. The van der Waals surface area contributed by atoms with Gasteiger partial charge in [0, 0.05) is 12.8 Å². The lowest BCUT2D eigenvalue weighted by Gasteiger charge is -2.58. The third-order valence-electron chi connectivity index (χ3n) is 12.3. The maximum absolute atomic E-state index is 12.6. The Morgan fingerprint density at radius 3 is 2.45 bits per heavy atom. The van der Waals surface area contributed by atoms with Gasteiger partial charge in [-0.05, 0) is 97.7 Å². The smallest absolute Gasteiger partial charge is 0.306 e. The number of unbranched alkanes of at least 4 members (excludes halogenated alkanes) is 5. The van der Waals surface area contributed by atoms with Crippen LogP contribution in [0.15, 0.2) is 11.6 Å². The average Bonchev–Trinajstić information content (AvgIpc) is 3.23. The maximum Gasteiger partial charge on any atom is 0.306 e. The predicted molar refractivity (Wildman–Crippen MR) is 161 cm³/mol. The summed E-state index contributed by atoms with van der Waals surface area (Å²) in [5.41, 5.74) is 2.54. The molecule has 4 aliphatic carbocycles. The van der Waals surface area contributed by atoms with Crippen molar-refractivity contribution in [3.63, 3.8) is 0 Å². The van der Waals surface area contributed by atoms with Crippen LogP contribution in [0.5, 0.6) is 0 Å². The van der Waals surface area contributed by atoms with E-state index in [-0.39, 0.29) is 12.1 Å². The normalized spacial score (nSPS) is 37.2. The lowest BCUT2D eigenvalue weighted by Crippen LogP contribution is -2.51. The standard InChI is InChI=1S/C36H62O2/c1-7-8-9-10-11-12-16-34(37)38-29-21-23-35(5)28(25-29)17-18-30-32-20-19-31(27(4)15-13-14-26(2)3)36(32,6)24-22-33(30)35/h17,26-27,29-33H,7-16,18-25H2,1-6H3/t27-,29+,30+,31-,32-,33-,35+,36-/m1/s1. The Morgan fingerprint density at radius 2 is 1.68 bits per heavy atom. The van der Waals surface area contributed by atoms with Crippen LogP contribution in [0, 0.1) is 46.3 Å². The zero-order valence-corrected chi connectivity index (χ0v) is 26.2. The van der Waals surface area contributed by atoms with Crippen LogP contribution in [0.2, 0.25) is 0 Å². The summed E-state index contributed by atoms with van der Waals surface area (Å²) in [6, 6.07) is 0. The molecule has 0 radical (unpaired) electrons. The summed E-state index contributed by atoms with van der Waals surface area (Å²) in [6.07, 6.45) is 25.3. The number of fused-ring (bicyclic) bond motifs is 5. The molecule has 0 N–H and O–H groups in total. The summed E-state index contributed by atoms with van der Waals surface area (Å²) in [4.78, 5) is 12.6. The van der Waals surface area contributed by atoms with Gasteiger partial charge in [0.1, 0.15) is 6.10 Å². The van der Waals surface area contributed by atoms with E-state index < -0.39 is 0 Å². The van der Waals surface area contributed by atoms with Crippen LogP contribution in [-0.2, 0) is 9.53 Å². The summed E-state index contributed by atoms with van der Waals surface area (Å²) >= 11 is 0. The Balaban J connectivity index is 1.31. The van der Waals surface area contributed by atoms with E-state index in [1.165, 1.54) is 89.9 Å². The van der Waals surface area contributed by atoms with Crippen LogP contribution < -0.4 is 0 Å². The van der Waals surface area contributed by atoms with Gasteiger partial charge in [-0.2, -0.15) is 0 Å². The van der Waals surface area contributed by atoms with Crippen LogP contribution in [0.4, 0.5) is 0 Å². The van der Waals surface area contributed by atoms with E-state index >= 15 is 0 Å². The van der Waals surface area contributed by atoms with Crippen molar-refractivity contribution in [1.29, 1.82) is 0 Å². The molecule has 3 fully saturated rings. The van der Waals surface area contributed by atoms with Crippen LogP contribution in [0.1, 0.15) is 157 Å². The van der Waals surface area contributed by atoms with Gasteiger partial charge in [0.25, 0.3) is 0 Å². The second-order valence-corrected chi connectivity index (χ2v) is 15.2. The van der Waals surface area contributed by atoms with Gasteiger partial charge in [0.05, 0.1) is 0 Å². The fourth-order valence-corrected chi connectivity index (χ4v) is 10.0. The summed E-state index contributed by atoms with van der Waals surface area (Å²) in [5.74, 6) is 5.34. The van der Waals surface area contributed by atoms with E-state index in [1.54, 1.807) is 5.57 Å². The molecule has 0 amide bonds. The van der Waals surface area contributed by atoms with Crippen molar-refractivity contribution in [3.05, 3.63) is 11.6 Å². The highest BCUT2D eigenvalue weighted by atomic mass is 16.5. The number of hydrogen-bond acceptors (Lipinski definition) is 2. The molecule has 218 valence electrons. The van der Waals surface area contributed by atoms with Crippen LogP contribution in [-0.4, -0.2) is 12.1 Å². The zero-order valence-electron chi connectivity index (χ0n) is 26.2. The highest BCUT2D eigenvalue weighted by Crippen LogP contribution is 2.67. The van der Waals surface area contributed by atoms with Gasteiger partial charge in [-0.25, -0.2) is 0 Å². The molecule has 0 aromatic carbocycles. The van der Waals surface area contributed by atoms with Crippen LogP contribution in [0.3, 0.4) is 0 Å². The van der Waals surface area contributed by atoms with Gasteiger partial charge in [-0.1, -0.05) is 105 Å². The number of carbonyl (C=O) groups is 1. The quantitative estimate of drug-likeness (QED) is 0.135. The first-order valence-electron chi connectivity index (χ1n) is 17.1. The number of allylic oxidation sites excluding steroid dienone is 1. The maximum atomic E-state index is 12.6. The highest BCUT2D eigenvalue weighted by Gasteiger charge is 2.59. The van der Waals surface area contributed by atoms with Crippen molar-refractivity contribution in [2.24, 2.45) is 46.3 Å². The second-order valence-electron chi connectivity index (χ2n) is 15.2. The Kier molecular flexibility index (Phi) is 10.5. The number of hydrogen-bond donors (Lipinski definition) is 0. The minimum absolute atomic E-state index is 0.0522. The topological polar surface area (TPSA) is 26.3 Å². The number of carbonyl (C=O) groups excluding carboxylic acids is 1. The Hall–Kier alpha value is -0.790. The molecule has 3 saturated carbocycles. The molecule has 4 rings (SSSR count). The Labute approximate surface area is 236 Å². The molecule has 0 aliphatic heterocycles. The van der Waals surface area contributed by atoms with E-state index in [1.807, 2.05) is 0 Å². The Bertz CT molecular complexity index is 797. The summed E-state index contributed by atoms with van der Waals surface area (Å²) in [7, 11) is 0. The summed E-state index contributed by atoms with van der Waals surface area (Å²) in [5, 5.41) is 0. The third-order valence-corrected chi connectivity index (χ3v) is 12.3. The number of rotatable bonds is 13. The van der Waals surface area contributed by atoms with E-state index in [4.69, 9.17) is 4.74 Å². The van der Waals surface area contributed by atoms with E-state index in [9.17, 15) is 4.79 Å². The summed E-state index contributed by atoms with van der Waals surface area (Å²) < 4.78 is 6.04. The third kappa shape index (κ3) is 6.57. The molecule has 8 atom stereocenters. The summed E-state index contributed by atoms with van der Waals surface area (Å²) in [6.45, 7) is 14.9. The Morgan fingerprint density at radius 1 is 0.921 bits per heavy atom. The average molecular weight is 527 g/mol. The molecule has 0 unspecified atom stereocenters. The van der Waals surface area contributed by atoms with Crippen molar-refractivity contribution in [1.82, 2.24) is 0 Å². The second kappa shape index (κ2) is 13.2. The molecule has 0 heterocycles. The number of ether oxygens (including phenoxy) is 1. The van der Waals surface area contributed by atoms with E-state index in [0.717, 1.165) is 54.8 Å². The first-order valence-corrected chi connectivity index (χ1v) is 17.1. The van der Waals surface area contributed by atoms with Gasteiger partial charge in [-0.15, -0.1) is 0 Å². The molecular weight excluding hydrogens is 464 g/mol. The molecule has 0 aromatic rings. The molecule has 38 heavy (non-hydrogen) atoms. The molecule has 0 saturated heterocycles. The fraction of sp³-hybridized carbons (Fsp3) is 0.917. The SMILES string of the molecule is CCCCCCCCC(=O)O[C@H]1CC[C@@]2(C)C(=CC[C@H]3[C@H]4CC[C@H]([C@H](C)CCCC(C)C)[C@@]4(C)CC[C@H]32)C1. The van der Waals surface area contributed by atoms with Gasteiger partial charge in [0.15, 0.2) is 0 Å². The molecule has 0 spiro atoms. The molecule has 4 aliphatic rings. The minimum Gasteiger partial charge on any atom is -0.462 e. The monoisotopic (exact) mass is 526 g/mol. The van der Waals surface area contributed by atoms with Gasteiger partial charge >= 0.3 is 5.97 Å². The largest absolute Gasteiger partial charge is 0.462 e. The van der Waals surface area contributed by atoms with Crippen molar-refractivity contribution < 1.29 is 9.53 Å². The number of esters is 1. The fourth-order valence-electron chi connectivity index (χ4n) is 10.0.